The summed E-state index contributed by atoms with van der Waals surface area (Å²) in [5.41, 5.74) is 3.08. The van der Waals surface area contributed by atoms with E-state index in [0.717, 1.165) is 56.6 Å². The largest absolute Gasteiger partial charge is 0.480 e. The Kier molecular flexibility index (Phi) is 8.71. The predicted octanol–water partition coefficient (Wildman–Crippen LogP) is 2.90. The number of anilines is 1. The molecule has 4 rings (SSSR count). The molecule has 0 spiro atoms. The molecule has 1 aliphatic carbocycles. The molecule has 2 aromatic rings. The number of benzene rings is 1. The van der Waals surface area contributed by atoms with Crippen LogP contribution in [0.1, 0.15) is 54.8 Å². The maximum Gasteiger partial charge on any atom is 0.326 e. The first-order valence-electron chi connectivity index (χ1n) is 12.6. The number of nitrogens with one attached hydrogen (secondary N) is 2. The van der Waals surface area contributed by atoms with Crippen LogP contribution in [0.5, 0.6) is 0 Å². The number of nitrogens with zero attached hydrogens (tertiary/aromatic N) is 1. The fraction of sp³-hybridized carbons (Fsp3) is 0.519. The second-order valence-electron chi connectivity index (χ2n) is 9.54. The average Bonchev–Trinajstić information content (AvgIpc) is 2.85. The Hall–Kier alpha value is -2.97. The Morgan fingerprint density at radius 1 is 1.17 bits per heavy atom. The van der Waals surface area contributed by atoms with Crippen molar-refractivity contribution in [1.29, 1.82) is 0 Å². The molecule has 1 unspecified atom stereocenters. The van der Waals surface area contributed by atoms with Crippen molar-refractivity contribution in [2.24, 2.45) is 5.92 Å². The van der Waals surface area contributed by atoms with Crippen LogP contribution >= 0.6 is 0 Å². The summed E-state index contributed by atoms with van der Waals surface area (Å²) in [6.07, 6.45) is 6.53. The van der Waals surface area contributed by atoms with Crippen molar-refractivity contribution in [3.05, 3.63) is 59.3 Å². The minimum Gasteiger partial charge on any atom is -0.480 e. The Labute approximate surface area is 206 Å². The first kappa shape index (κ1) is 25.1. The maximum absolute atomic E-state index is 12.6. The molecule has 8 heteroatoms. The molecule has 1 aromatic heterocycles. The molecule has 2 atom stereocenters. The van der Waals surface area contributed by atoms with Gasteiger partial charge in [0, 0.05) is 25.3 Å². The zero-order valence-electron chi connectivity index (χ0n) is 20.0. The lowest BCUT2D eigenvalue weighted by Crippen LogP contribution is -2.44. The topological polar surface area (TPSA) is 121 Å². The Balaban J connectivity index is 1.15. The molecule has 1 fully saturated rings. The van der Waals surface area contributed by atoms with Gasteiger partial charge in [0.05, 0.1) is 18.6 Å². The molecule has 0 radical (unpaired) electrons. The third-order valence-corrected chi connectivity index (χ3v) is 7.03. The van der Waals surface area contributed by atoms with Gasteiger partial charge in [0.15, 0.2) is 0 Å². The van der Waals surface area contributed by atoms with Gasteiger partial charge in [-0.25, -0.2) is 9.78 Å². The standard InChI is InChI=1S/C27H35N3O5/c31-17-23(19-5-2-1-3-6-19)26(32)30-24(27(33)34)12-14-35-22-15-18(16-22)8-10-21-11-9-20-7-4-13-28-25(20)29-21/h1-3,5-6,9,11,18,22-24,31H,4,7-8,10,12-17H2,(H,28,29)(H,30,32)(H,33,34)/t18-,22-,23-,24?/m1/s1. The van der Waals surface area contributed by atoms with Crippen molar-refractivity contribution < 1.29 is 24.5 Å². The van der Waals surface area contributed by atoms with Crippen LogP contribution in [-0.4, -0.2) is 59.0 Å². The molecule has 4 N–H and O–H groups in total. The number of carbonyl (C=O) groups is 2. The first-order chi connectivity index (χ1) is 17.0. The van der Waals surface area contributed by atoms with Crippen LogP contribution in [0.15, 0.2) is 42.5 Å². The zero-order chi connectivity index (χ0) is 24.6. The first-order valence-corrected chi connectivity index (χ1v) is 12.6. The number of aromatic nitrogens is 1. The third-order valence-electron chi connectivity index (χ3n) is 7.03. The molecule has 35 heavy (non-hydrogen) atoms. The molecule has 188 valence electrons. The van der Waals surface area contributed by atoms with Gasteiger partial charge in [0.1, 0.15) is 11.9 Å². The number of aliphatic carboxylic acids is 1. The number of hydrogen-bond donors (Lipinski definition) is 4. The number of ether oxygens (including phenoxy) is 1. The highest BCUT2D eigenvalue weighted by Crippen LogP contribution is 2.34. The minimum atomic E-state index is -1.11. The summed E-state index contributed by atoms with van der Waals surface area (Å²) in [5.74, 6) is -0.771. The van der Waals surface area contributed by atoms with Crippen LogP contribution in [-0.2, 0) is 27.2 Å². The molecule has 1 aliphatic heterocycles. The number of carbonyl (C=O) groups excluding carboxylic acids is 1. The number of pyridine rings is 1. The number of hydrogen-bond acceptors (Lipinski definition) is 6. The summed E-state index contributed by atoms with van der Waals surface area (Å²) < 4.78 is 5.88. The molecule has 2 heterocycles. The highest BCUT2D eigenvalue weighted by molar-refractivity contribution is 5.88. The number of aryl methyl sites for hydroxylation is 2. The van der Waals surface area contributed by atoms with Gasteiger partial charge in [-0.3, -0.25) is 4.79 Å². The van der Waals surface area contributed by atoms with E-state index in [9.17, 15) is 19.8 Å². The number of aliphatic hydroxyl groups excluding tert-OH is 1. The number of fused-ring (bicyclic) bond motifs is 1. The van der Waals surface area contributed by atoms with Crippen LogP contribution in [0.25, 0.3) is 0 Å². The summed E-state index contributed by atoms with van der Waals surface area (Å²) in [6.45, 7) is 0.869. The fourth-order valence-corrected chi connectivity index (χ4v) is 4.81. The molecular formula is C27H35N3O5. The van der Waals surface area contributed by atoms with Gasteiger partial charge < -0.3 is 25.6 Å². The van der Waals surface area contributed by atoms with Crippen LogP contribution in [0.3, 0.4) is 0 Å². The molecule has 1 saturated carbocycles. The van der Waals surface area contributed by atoms with Crippen molar-refractivity contribution in [2.45, 2.75) is 63.0 Å². The smallest absolute Gasteiger partial charge is 0.326 e. The van der Waals surface area contributed by atoms with Gasteiger partial charge in [0.25, 0.3) is 0 Å². The van der Waals surface area contributed by atoms with Crippen molar-refractivity contribution in [1.82, 2.24) is 10.3 Å². The Morgan fingerprint density at radius 2 is 1.97 bits per heavy atom. The van der Waals surface area contributed by atoms with Gasteiger partial charge in [0.2, 0.25) is 5.91 Å². The third kappa shape index (κ3) is 6.80. The quantitative estimate of drug-likeness (QED) is 0.368. The summed E-state index contributed by atoms with van der Waals surface area (Å²) >= 11 is 0. The number of carboxylic acid groups (broad SMARTS) is 1. The molecular weight excluding hydrogens is 446 g/mol. The summed E-state index contributed by atoms with van der Waals surface area (Å²) in [4.78, 5) is 29.0. The van der Waals surface area contributed by atoms with E-state index in [1.165, 1.54) is 5.56 Å². The summed E-state index contributed by atoms with van der Waals surface area (Å²) in [5, 5.41) is 25.1. The van der Waals surface area contributed by atoms with Gasteiger partial charge >= 0.3 is 5.97 Å². The van der Waals surface area contributed by atoms with E-state index < -0.39 is 23.8 Å². The summed E-state index contributed by atoms with van der Waals surface area (Å²) in [7, 11) is 0. The minimum absolute atomic E-state index is 0.137. The highest BCUT2D eigenvalue weighted by atomic mass is 16.5. The van der Waals surface area contributed by atoms with E-state index in [1.807, 2.05) is 6.07 Å². The van der Waals surface area contributed by atoms with E-state index in [0.29, 0.717) is 11.5 Å². The predicted molar refractivity (Wildman–Crippen MR) is 132 cm³/mol. The Bertz CT molecular complexity index is 994. The number of carboxylic acids is 1. The van der Waals surface area contributed by atoms with E-state index in [2.05, 4.69) is 22.8 Å². The lowest BCUT2D eigenvalue weighted by Gasteiger charge is -2.35. The van der Waals surface area contributed by atoms with E-state index >= 15 is 0 Å². The van der Waals surface area contributed by atoms with Crippen LogP contribution in [0, 0.1) is 5.92 Å². The molecule has 8 nitrogen and oxygen atoms in total. The van der Waals surface area contributed by atoms with Crippen LogP contribution < -0.4 is 10.6 Å². The highest BCUT2D eigenvalue weighted by Gasteiger charge is 2.31. The molecule has 1 amide bonds. The van der Waals surface area contributed by atoms with Gasteiger partial charge in [-0.05, 0) is 61.6 Å². The number of aliphatic hydroxyl groups is 1. The lowest BCUT2D eigenvalue weighted by atomic mass is 9.79. The van der Waals surface area contributed by atoms with Crippen LogP contribution in [0.2, 0.25) is 0 Å². The summed E-state index contributed by atoms with van der Waals surface area (Å²) in [6, 6.07) is 12.1. The van der Waals surface area contributed by atoms with Crippen molar-refractivity contribution in [3.63, 3.8) is 0 Å². The monoisotopic (exact) mass is 481 g/mol. The van der Waals surface area contributed by atoms with E-state index in [4.69, 9.17) is 9.72 Å². The molecule has 0 saturated heterocycles. The SMILES string of the molecule is O=C(O)C(CCO[C@H]1C[C@H](CCc2ccc3c(n2)NCCC3)C1)NC(=O)[C@H](CO)c1ccccc1. The molecule has 0 bridgehead atoms. The zero-order valence-corrected chi connectivity index (χ0v) is 20.0. The van der Waals surface area contributed by atoms with Gasteiger partial charge in [-0.1, -0.05) is 36.4 Å². The molecule has 1 aromatic carbocycles. The number of rotatable bonds is 12. The fourth-order valence-electron chi connectivity index (χ4n) is 4.81. The average molecular weight is 482 g/mol. The Morgan fingerprint density at radius 3 is 2.71 bits per heavy atom. The van der Waals surface area contributed by atoms with Gasteiger partial charge in [-0.15, -0.1) is 0 Å². The van der Waals surface area contributed by atoms with Crippen molar-refractivity contribution in [2.75, 3.05) is 25.1 Å². The van der Waals surface area contributed by atoms with Gasteiger partial charge in [-0.2, -0.15) is 0 Å². The van der Waals surface area contributed by atoms with E-state index in [1.54, 1.807) is 24.3 Å². The second-order valence-corrected chi connectivity index (χ2v) is 9.54. The normalized spacial score (nSPS) is 20.6. The second kappa shape index (κ2) is 12.1. The van der Waals surface area contributed by atoms with Crippen molar-refractivity contribution in [3.8, 4) is 0 Å². The van der Waals surface area contributed by atoms with Crippen molar-refractivity contribution >= 4 is 17.7 Å². The van der Waals surface area contributed by atoms with E-state index in [-0.39, 0.29) is 25.7 Å². The maximum atomic E-state index is 12.6. The molecule has 2 aliphatic rings. The van der Waals surface area contributed by atoms with Crippen LogP contribution in [0.4, 0.5) is 5.82 Å². The lowest BCUT2D eigenvalue weighted by molar-refractivity contribution is -0.143. The number of amides is 1.